The minimum absolute atomic E-state index is 0.184. The predicted octanol–water partition coefficient (Wildman–Crippen LogP) is 3.81. The molecule has 1 saturated heterocycles. The van der Waals surface area contributed by atoms with Gasteiger partial charge in [0.15, 0.2) is 5.60 Å². The smallest absolute Gasteiger partial charge is 0.263 e. The van der Waals surface area contributed by atoms with Crippen molar-refractivity contribution in [2.75, 3.05) is 18.0 Å². The molecule has 1 aliphatic heterocycles. The summed E-state index contributed by atoms with van der Waals surface area (Å²) in [7, 11) is 0. The largest absolute Gasteiger partial charge is 0.478 e. The predicted molar refractivity (Wildman–Crippen MR) is 104 cm³/mol. The minimum Gasteiger partial charge on any atom is -0.478 e. The normalized spacial score (nSPS) is 14.3. The first kappa shape index (κ1) is 18.5. The molecule has 138 valence electrons. The van der Waals surface area contributed by atoms with Crippen molar-refractivity contribution in [3.63, 3.8) is 0 Å². The molecule has 0 atom stereocenters. The van der Waals surface area contributed by atoms with E-state index in [0.29, 0.717) is 17.3 Å². The van der Waals surface area contributed by atoms with Crippen LogP contribution >= 0.6 is 11.6 Å². The van der Waals surface area contributed by atoms with Crippen LogP contribution in [0.3, 0.4) is 0 Å². The molecule has 1 aliphatic rings. The van der Waals surface area contributed by atoms with Crippen LogP contribution in [0.4, 0.5) is 5.82 Å². The average Bonchev–Trinajstić information content (AvgIpc) is 3.16. The first-order valence-electron chi connectivity index (χ1n) is 8.87. The Bertz CT molecular complexity index is 739. The number of halogens is 1. The van der Waals surface area contributed by atoms with E-state index in [4.69, 9.17) is 16.3 Å². The van der Waals surface area contributed by atoms with Crippen molar-refractivity contribution in [2.45, 2.75) is 38.8 Å². The molecule has 0 radical (unpaired) electrons. The standard InChI is InChI=1S/C20H24ClN3O2/c1-20(2,26-17-8-6-16(21)7-9-17)19(25)23-14-15-5-10-18(22-13-15)24-11-3-4-12-24/h5-10,13H,3-4,11-12,14H2,1-2H3,(H,23,25). The van der Waals surface area contributed by atoms with Gasteiger partial charge in [0, 0.05) is 30.9 Å². The molecule has 1 amide bonds. The van der Waals surface area contributed by atoms with Crippen molar-refractivity contribution < 1.29 is 9.53 Å². The molecule has 2 aromatic rings. The van der Waals surface area contributed by atoms with Crippen LogP contribution in [0.2, 0.25) is 5.02 Å². The Balaban J connectivity index is 1.54. The summed E-state index contributed by atoms with van der Waals surface area (Å²) in [5, 5.41) is 3.55. The first-order chi connectivity index (χ1) is 12.4. The van der Waals surface area contributed by atoms with Crippen LogP contribution in [0.5, 0.6) is 5.75 Å². The number of pyridine rings is 1. The second kappa shape index (κ2) is 7.96. The van der Waals surface area contributed by atoms with Gasteiger partial charge in [-0.15, -0.1) is 0 Å². The molecule has 5 nitrogen and oxygen atoms in total. The molecule has 6 heteroatoms. The molecule has 1 N–H and O–H groups in total. The first-order valence-corrected chi connectivity index (χ1v) is 9.25. The zero-order chi connectivity index (χ0) is 18.6. The Morgan fingerprint density at radius 1 is 1.19 bits per heavy atom. The van der Waals surface area contributed by atoms with Gasteiger partial charge in [-0.05, 0) is 62.6 Å². The van der Waals surface area contributed by atoms with E-state index in [-0.39, 0.29) is 5.91 Å². The monoisotopic (exact) mass is 373 g/mol. The number of hydrogen-bond acceptors (Lipinski definition) is 4. The van der Waals surface area contributed by atoms with Crippen LogP contribution in [0.15, 0.2) is 42.6 Å². The van der Waals surface area contributed by atoms with E-state index >= 15 is 0 Å². The Hall–Kier alpha value is -2.27. The summed E-state index contributed by atoms with van der Waals surface area (Å²) >= 11 is 5.87. The molecule has 26 heavy (non-hydrogen) atoms. The number of rotatable bonds is 6. The number of anilines is 1. The van der Waals surface area contributed by atoms with Crippen molar-refractivity contribution in [1.29, 1.82) is 0 Å². The van der Waals surface area contributed by atoms with Gasteiger partial charge >= 0.3 is 0 Å². The summed E-state index contributed by atoms with van der Waals surface area (Å²) < 4.78 is 5.80. The highest BCUT2D eigenvalue weighted by molar-refractivity contribution is 6.30. The quantitative estimate of drug-likeness (QED) is 0.836. The molecule has 0 unspecified atom stereocenters. The number of carbonyl (C=O) groups is 1. The van der Waals surface area contributed by atoms with Gasteiger partial charge < -0.3 is 15.0 Å². The highest BCUT2D eigenvalue weighted by Crippen LogP contribution is 2.21. The van der Waals surface area contributed by atoms with E-state index in [1.54, 1.807) is 38.1 Å². The molecular weight excluding hydrogens is 350 g/mol. The molecule has 1 fully saturated rings. The van der Waals surface area contributed by atoms with E-state index in [1.807, 2.05) is 18.3 Å². The van der Waals surface area contributed by atoms with Crippen molar-refractivity contribution in [2.24, 2.45) is 0 Å². The van der Waals surface area contributed by atoms with Crippen molar-refractivity contribution >= 4 is 23.3 Å². The topological polar surface area (TPSA) is 54.5 Å². The molecular formula is C20H24ClN3O2. The van der Waals surface area contributed by atoms with Gasteiger partial charge in [0.25, 0.3) is 5.91 Å². The van der Waals surface area contributed by atoms with Gasteiger partial charge in [0.05, 0.1) is 0 Å². The van der Waals surface area contributed by atoms with Gasteiger partial charge in [-0.1, -0.05) is 17.7 Å². The summed E-state index contributed by atoms with van der Waals surface area (Å²) in [6.07, 6.45) is 4.27. The lowest BCUT2D eigenvalue weighted by atomic mass is 10.1. The summed E-state index contributed by atoms with van der Waals surface area (Å²) in [6.45, 7) is 6.04. The van der Waals surface area contributed by atoms with Crippen LogP contribution in [0.1, 0.15) is 32.3 Å². The number of amides is 1. The van der Waals surface area contributed by atoms with Gasteiger partial charge in [0.1, 0.15) is 11.6 Å². The zero-order valence-corrected chi connectivity index (χ0v) is 15.9. The summed E-state index contributed by atoms with van der Waals surface area (Å²) in [6, 6.07) is 11.0. The van der Waals surface area contributed by atoms with Crippen molar-refractivity contribution in [1.82, 2.24) is 10.3 Å². The second-order valence-electron chi connectivity index (χ2n) is 6.97. The number of aromatic nitrogens is 1. The average molecular weight is 374 g/mol. The summed E-state index contributed by atoms with van der Waals surface area (Å²) in [4.78, 5) is 19.3. The van der Waals surface area contributed by atoms with Crippen LogP contribution in [-0.2, 0) is 11.3 Å². The number of nitrogens with zero attached hydrogens (tertiary/aromatic N) is 2. The fourth-order valence-electron chi connectivity index (χ4n) is 2.89. The SMILES string of the molecule is CC(C)(Oc1ccc(Cl)cc1)C(=O)NCc1ccc(N2CCCC2)nc1. The lowest BCUT2D eigenvalue weighted by molar-refractivity contribution is -0.134. The Morgan fingerprint density at radius 3 is 2.50 bits per heavy atom. The van der Waals surface area contributed by atoms with E-state index in [0.717, 1.165) is 24.5 Å². The minimum atomic E-state index is -0.989. The van der Waals surface area contributed by atoms with E-state index in [1.165, 1.54) is 12.8 Å². The summed E-state index contributed by atoms with van der Waals surface area (Å²) in [5.74, 6) is 1.42. The molecule has 0 saturated carbocycles. The third-order valence-electron chi connectivity index (χ3n) is 4.43. The number of hydrogen-bond donors (Lipinski definition) is 1. The van der Waals surface area contributed by atoms with Gasteiger partial charge in [0.2, 0.25) is 0 Å². The third-order valence-corrected chi connectivity index (χ3v) is 4.68. The number of nitrogens with one attached hydrogen (secondary N) is 1. The van der Waals surface area contributed by atoms with Crippen molar-refractivity contribution in [3.8, 4) is 5.75 Å². The maximum atomic E-state index is 12.5. The van der Waals surface area contributed by atoms with Crippen LogP contribution in [0, 0.1) is 0 Å². The van der Waals surface area contributed by atoms with Gasteiger partial charge in [-0.3, -0.25) is 4.79 Å². The summed E-state index contributed by atoms with van der Waals surface area (Å²) in [5.41, 5.74) is -0.0277. The maximum absolute atomic E-state index is 12.5. The number of carbonyl (C=O) groups excluding carboxylic acids is 1. The molecule has 2 heterocycles. The second-order valence-corrected chi connectivity index (χ2v) is 7.40. The van der Waals surface area contributed by atoms with Crippen LogP contribution in [-0.4, -0.2) is 29.6 Å². The molecule has 1 aromatic carbocycles. The van der Waals surface area contributed by atoms with Crippen LogP contribution in [0.25, 0.3) is 0 Å². The maximum Gasteiger partial charge on any atom is 0.263 e. The molecule has 0 bridgehead atoms. The molecule has 0 aliphatic carbocycles. The Morgan fingerprint density at radius 2 is 1.88 bits per heavy atom. The van der Waals surface area contributed by atoms with Gasteiger partial charge in [-0.2, -0.15) is 0 Å². The van der Waals surface area contributed by atoms with E-state index in [2.05, 4.69) is 15.2 Å². The van der Waals surface area contributed by atoms with Crippen molar-refractivity contribution in [3.05, 3.63) is 53.2 Å². The van der Waals surface area contributed by atoms with Crippen LogP contribution < -0.4 is 15.0 Å². The lowest BCUT2D eigenvalue weighted by Gasteiger charge is -2.25. The third kappa shape index (κ3) is 4.67. The highest BCUT2D eigenvalue weighted by Gasteiger charge is 2.29. The fourth-order valence-corrected chi connectivity index (χ4v) is 3.02. The number of ether oxygens (including phenoxy) is 1. The van der Waals surface area contributed by atoms with Gasteiger partial charge in [-0.25, -0.2) is 4.98 Å². The highest BCUT2D eigenvalue weighted by atomic mass is 35.5. The molecule has 1 aromatic heterocycles. The number of benzene rings is 1. The van der Waals surface area contributed by atoms with E-state index < -0.39 is 5.60 Å². The lowest BCUT2D eigenvalue weighted by Crippen LogP contribution is -2.46. The molecule has 3 rings (SSSR count). The van der Waals surface area contributed by atoms with E-state index in [9.17, 15) is 4.79 Å². The Kier molecular flexibility index (Phi) is 5.67. The fraction of sp³-hybridized carbons (Fsp3) is 0.400. The zero-order valence-electron chi connectivity index (χ0n) is 15.2. The Labute approximate surface area is 159 Å². The molecule has 0 spiro atoms.